The summed E-state index contributed by atoms with van der Waals surface area (Å²) in [5.74, 6) is 0.351. The van der Waals surface area contributed by atoms with E-state index in [2.05, 4.69) is 10.7 Å². The van der Waals surface area contributed by atoms with Gasteiger partial charge in [-0.2, -0.15) is 0 Å². The molecule has 1 heterocycles. The second-order valence-corrected chi connectivity index (χ2v) is 8.22. The largest absolute Gasteiger partial charge is 0.496 e. The highest BCUT2D eigenvalue weighted by molar-refractivity contribution is 6.31. The van der Waals surface area contributed by atoms with Gasteiger partial charge in [-0.3, -0.25) is 14.6 Å². The van der Waals surface area contributed by atoms with E-state index in [4.69, 9.17) is 16.3 Å². The zero-order valence-corrected chi connectivity index (χ0v) is 18.2. The van der Waals surface area contributed by atoms with Crippen molar-refractivity contribution in [3.05, 3.63) is 76.0 Å². The Balaban J connectivity index is 1.42. The molecule has 162 valence electrons. The Bertz CT molecular complexity index is 984. The molecule has 1 unspecified atom stereocenters. The summed E-state index contributed by atoms with van der Waals surface area (Å²) in [6.07, 6.45) is 5.36. The van der Waals surface area contributed by atoms with E-state index in [1.165, 1.54) is 12.8 Å². The van der Waals surface area contributed by atoms with Gasteiger partial charge in [0.2, 0.25) is 0 Å². The third-order valence-electron chi connectivity index (χ3n) is 5.96. The van der Waals surface area contributed by atoms with Gasteiger partial charge in [0.15, 0.2) is 6.29 Å². The summed E-state index contributed by atoms with van der Waals surface area (Å²) >= 11 is 6.52. The number of nitrogens with one attached hydrogen (secondary N) is 2. The van der Waals surface area contributed by atoms with Crippen LogP contribution in [0, 0.1) is 0 Å². The van der Waals surface area contributed by atoms with Gasteiger partial charge >= 0.3 is 0 Å². The molecule has 0 bridgehead atoms. The lowest BCUT2D eigenvalue weighted by Gasteiger charge is -2.27. The Labute approximate surface area is 187 Å². The number of para-hydroxylation sites is 1. The highest BCUT2D eigenvalue weighted by Crippen LogP contribution is 2.37. The maximum Gasteiger partial charge on any atom is 0.255 e. The highest BCUT2D eigenvalue weighted by Gasteiger charge is 2.36. The average molecular weight is 440 g/mol. The quantitative estimate of drug-likeness (QED) is 0.502. The second kappa shape index (κ2) is 9.54. The number of aldehydes is 1. The number of nitrogens with zero attached hydrogens (tertiary/aromatic N) is 1. The highest BCUT2D eigenvalue weighted by atomic mass is 35.5. The monoisotopic (exact) mass is 439 g/mol. The molecule has 1 atom stereocenters. The van der Waals surface area contributed by atoms with Crippen molar-refractivity contribution in [2.75, 3.05) is 7.11 Å². The van der Waals surface area contributed by atoms with Crippen LogP contribution in [-0.4, -0.2) is 30.4 Å². The van der Waals surface area contributed by atoms with Gasteiger partial charge in [-0.15, -0.1) is 0 Å². The van der Waals surface area contributed by atoms with Crippen molar-refractivity contribution < 1.29 is 14.3 Å². The van der Waals surface area contributed by atoms with Crippen LogP contribution in [0.15, 0.2) is 59.3 Å². The van der Waals surface area contributed by atoms with Gasteiger partial charge in [0.1, 0.15) is 10.9 Å². The standard InChI is InChI=1S/C24H26ClN3O3/c1-31-21-9-5-4-8-19(21)24(30)26-14-16-10-12-17(13-11-16)22-20(15-29)23(25)28(27-22)18-6-2-3-7-18/h4-5,8-13,15,18,22,27H,2-3,6-7,14H2,1H3,(H,26,30). The van der Waals surface area contributed by atoms with Gasteiger partial charge in [0, 0.05) is 12.6 Å². The van der Waals surface area contributed by atoms with Crippen LogP contribution in [0.1, 0.15) is 53.2 Å². The number of hydrogen-bond donors (Lipinski definition) is 2. The fourth-order valence-corrected chi connectivity index (χ4v) is 4.60. The number of ether oxygens (including phenoxy) is 1. The smallest absolute Gasteiger partial charge is 0.255 e. The van der Waals surface area contributed by atoms with Gasteiger partial charge in [-0.1, -0.05) is 60.8 Å². The molecule has 0 spiro atoms. The van der Waals surface area contributed by atoms with Crippen molar-refractivity contribution in [2.24, 2.45) is 0 Å². The van der Waals surface area contributed by atoms with E-state index >= 15 is 0 Å². The van der Waals surface area contributed by atoms with Crippen molar-refractivity contribution in [3.63, 3.8) is 0 Å². The number of carbonyl (C=O) groups is 2. The summed E-state index contributed by atoms with van der Waals surface area (Å²) in [5.41, 5.74) is 6.39. The van der Waals surface area contributed by atoms with E-state index in [1.807, 2.05) is 35.3 Å². The molecule has 2 aromatic rings. The molecule has 1 amide bonds. The number of hydrazine groups is 1. The molecule has 0 saturated heterocycles. The summed E-state index contributed by atoms with van der Waals surface area (Å²) in [6, 6.07) is 15.0. The number of rotatable bonds is 7. The van der Waals surface area contributed by atoms with Crippen molar-refractivity contribution in [3.8, 4) is 5.75 Å². The first kappa shape index (κ1) is 21.4. The molecule has 1 fully saturated rings. The second-order valence-electron chi connectivity index (χ2n) is 7.86. The van der Waals surface area contributed by atoms with Crippen LogP contribution in [0.3, 0.4) is 0 Å². The summed E-state index contributed by atoms with van der Waals surface area (Å²) in [7, 11) is 1.55. The van der Waals surface area contributed by atoms with Crippen LogP contribution in [0.4, 0.5) is 0 Å². The van der Waals surface area contributed by atoms with Gasteiger partial charge in [0.25, 0.3) is 5.91 Å². The molecule has 1 aliphatic carbocycles. The van der Waals surface area contributed by atoms with Gasteiger partial charge in [0.05, 0.1) is 24.3 Å². The van der Waals surface area contributed by atoms with E-state index < -0.39 is 0 Å². The number of halogens is 1. The molecule has 0 radical (unpaired) electrons. The Hall–Kier alpha value is -2.83. The predicted octanol–water partition coefficient (Wildman–Crippen LogP) is 4.08. The minimum Gasteiger partial charge on any atom is -0.496 e. The maximum atomic E-state index is 12.5. The molecule has 0 aromatic heterocycles. The normalized spacial score (nSPS) is 19.0. The molecule has 2 N–H and O–H groups in total. The van der Waals surface area contributed by atoms with E-state index in [9.17, 15) is 9.59 Å². The van der Waals surface area contributed by atoms with Crippen molar-refractivity contribution in [1.82, 2.24) is 15.8 Å². The Morgan fingerprint density at radius 3 is 2.58 bits per heavy atom. The molecule has 7 heteroatoms. The lowest BCUT2D eigenvalue weighted by Crippen LogP contribution is -2.39. The van der Waals surface area contributed by atoms with Gasteiger partial charge < -0.3 is 10.1 Å². The summed E-state index contributed by atoms with van der Waals surface area (Å²) < 4.78 is 5.25. The van der Waals surface area contributed by atoms with Crippen LogP contribution < -0.4 is 15.5 Å². The van der Waals surface area contributed by atoms with Crippen LogP contribution >= 0.6 is 11.6 Å². The summed E-state index contributed by atoms with van der Waals surface area (Å²) in [4.78, 5) is 24.2. The molecule has 2 aromatic carbocycles. The molecule has 2 aliphatic rings. The van der Waals surface area contributed by atoms with Crippen LogP contribution in [0.25, 0.3) is 0 Å². The predicted molar refractivity (Wildman–Crippen MR) is 120 cm³/mol. The Morgan fingerprint density at radius 1 is 1.19 bits per heavy atom. The number of amides is 1. The van der Waals surface area contributed by atoms with Gasteiger partial charge in [-0.25, -0.2) is 5.43 Å². The average Bonchev–Trinajstić information content (AvgIpc) is 3.45. The maximum absolute atomic E-state index is 12.5. The number of methoxy groups -OCH3 is 1. The van der Waals surface area contributed by atoms with Crippen molar-refractivity contribution in [1.29, 1.82) is 0 Å². The van der Waals surface area contributed by atoms with E-state index in [-0.39, 0.29) is 11.9 Å². The lowest BCUT2D eigenvalue weighted by molar-refractivity contribution is -0.105. The zero-order chi connectivity index (χ0) is 21.8. The molecule has 31 heavy (non-hydrogen) atoms. The fraction of sp³-hybridized carbons (Fsp3) is 0.333. The topological polar surface area (TPSA) is 70.7 Å². The SMILES string of the molecule is COc1ccccc1C(=O)NCc1ccc(C2NN(C3CCCC3)C(Cl)=C2C=O)cc1. The van der Waals surface area contributed by atoms with Gasteiger partial charge in [-0.05, 0) is 36.1 Å². The molecule has 1 saturated carbocycles. The third-order valence-corrected chi connectivity index (χ3v) is 6.36. The van der Waals surface area contributed by atoms with Crippen LogP contribution in [-0.2, 0) is 11.3 Å². The van der Waals surface area contributed by atoms with E-state index in [0.717, 1.165) is 30.3 Å². The summed E-state index contributed by atoms with van der Waals surface area (Å²) in [5, 5.41) is 5.38. The van der Waals surface area contributed by atoms with Crippen molar-refractivity contribution >= 4 is 23.8 Å². The minimum absolute atomic E-state index is 0.191. The first-order valence-corrected chi connectivity index (χ1v) is 10.9. The Morgan fingerprint density at radius 2 is 1.90 bits per heavy atom. The molecule has 1 aliphatic heterocycles. The lowest BCUT2D eigenvalue weighted by atomic mass is 10.0. The first-order chi connectivity index (χ1) is 15.1. The molecule has 6 nitrogen and oxygen atoms in total. The van der Waals surface area contributed by atoms with E-state index in [1.54, 1.807) is 25.3 Å². The fourth-order valence-electron chi connectivity index (χ4n) is 4.26. The molecule has 4 rings (SSSR count). The molecular formula is C24H26ClN3O3. The minimum atomic E-state index is -0.261. The van der Waals surface area contributed by atoms with Crippen LogP contribution in [0.2, 0.25) is 0 Å². The van der Waals surface area contributed by atoms with Crippen molar-refractivity contribution in [2.45, 2.75) is 44.3 Å². The number of carbonyl (C=O) groups excluding carboxylic acids is 2. The Kier molecular flexibility index (Phi) is 6.59. The van der Waals surface area contributed by atoms with Crippen LogP contribution in [0.5, 0.6) is 5.75 Å². The number of hydrogen-bond acceptors (Lipinski definition) is 5. The first-order valence-electron chi connectivity index (χ1n) is 10.5. The summed E-state index contributed by atoms with van der Waals surface area (Å²) in [6.45, 7) is 0.389. The molecular weight excluding hydrogens is 414 g/mol. The third kappa shape index (κ3) is 4.45. The van der Waals surface area contributed by atoms with E-state index in [0.29, 0.717) is 34.6 Å². The zero-order valence-electron chi connectivity index (χ0n) is 17.4. The number of benzene rings is 2.